The molecule has 1 amide bonds. The summed E-state index contributed by atoms with van der Waals surface area (Å²) in [5, 5.41) is 0.845. The molecule has 0 fully saturated rings. The van der Waals surface area contributed by atoms with Gasteiger partial charge >= 0.3 is 0 Å². The van der Waals surface area contributed by atoms with Crippen LogP contribution in [0.15, 0.2) is 28.7 Å². The van der Waals surface area contributed by atoms with Crippen molar-refractivity contribution in [1.29, 1.82) is 0 Å². The van der Waals surface area contributed by atoms with Gasteiger partial charge in [-0.05, 0) is 18.2 Å². The lowest BCUT2D eigenvalue weighted by Gasteiger charge is -2.11. The molecule has 0 bridgehead atoms. The molecule has 0 aliphatic rings. The average molecular weight is 280 g/mol. The topological polar surface area (TPSA) is 62.6 Å². The van der Waals surface area contributed by atoms with E-state index in [2.05, 4.69) is 4.72 Å². The first kappa shape index (κ1) is 13.6. The predicted octanol–water partition coefficient (Wildman–Crippen LogP) is 1.91. The SMILES string of the molecule is CCS(=O)NC(=O)c1cc2ccc(N(C)C)cc2o1. The molecule has 5 nitrogen and oxygen atoms in total. The maximum absolute atomic E-state index is 11.8. The maximum atomic E-state index is 11.8. The summed E-state index contributed by atoms with van der Waals surface area (Å²) in [5.74, 6) is 0.0898. The standard InChI is InChI=1S/C13H16N2O3S/c1-4-19(17)14-13(16)12-7-9-5-6-10(15(2)3)8-11(9)18-12/h5-8H,4H2,1-3H3,(H,14,16). The van der Waals surface area contributed by atoms with Gasteiger partial charge in [-0.15, -0.1) is 0 Å². The van der Waals surface area contributed by atoms with E-state index in [0.717, 1.165) is 11.1 Å². The van der Waals surface area contributed by atoms with Gasteiger partial charge in [0.05, 0.1) is 0 Å². The predicted molar refractivity (Wildman–Crippen MR) is 76.7 cm³/mol. The zero-order valence-electron chi connectivity index (χ0n) is 11.1. The lowest BCUT2D eigenvalue weighted by Crippen LogP contribution is -2.26. The van der Waals surface area contributed by atoms with E-state index in [1.807, 2.05) is 37.2 Å². The number of hydrogen-bond acceptors (Lipinski definition) is 4. The van der Waals surface area contributed by atoms with Gasteiger partial charge in [-0.3, -0.25) is 9.52 Å². The summed E-state index contributed by atoms with van der Waals surface area (Å²) >= 11 is 0. The summed E-state index contributed by atoms with van der Waals surface area (Å²) < 4.78 is 19.2. The second-order valence-corrected chi connectivity index (χ2v) is 5.77. The highest BCUT2D eigenvalue weighted by Crippen LogP contribution is 2.24. The summed E-state index contributed by atoms with van der Waals surface area (Å²) in [5.41, 5.74) is 1.63. The molecular weight excluding hydrogens is 264 g/mol. The summed E-state index contributed by atoms with van der Waals surface area (Å²) in [4.78, 5) is 13.7. The van der Waals surface area contributed by atoms with E-state index in [9.17, 15) is 9.00 Å². The van der Waals surface area contributed by atoms with E-state index >= 15 is 0 Å². The van der Waals surface area contributed by atoms with Gasteiger partial charge in [-0.2, -0.15) is 0 Å². The summed E-state index contributed by atoms with van der Waals surface area (Å²) in [6.07, 6.45) is 0. The number of nitrogens with one attached hydrogen (secondary N) is 1. The fourth-order valence-corrected chi connectivity index (χ4v) is 2.09. The highest BCUT2D eigenvalue weighted by atomic mass is 32.2. The molecule has 0 aliphatic carbocycles. The minimum Gasteiger partial charge on any atom is -0.451 e. The van der Waals surface area contributed by atoms with Gasteiger partial charge in [0.15, 0.2) is 5.76 Å². The number of carbonyl (C=O) groups is 1. The Morgan fingerprint density at radius 2 is 2.11 bits per heavy atom. The molecule has 102 valence electrons. The normalized spacial score (nSPS) is 12.4. The van der Waals surface area contributed by atoms with Crippen LogP contribution in [0.4, 0.5) is 5.69 Å². The van der Waals surface area contributed by atoms with Crippen LogP contribution >= 0.6 is 0 Å². The molecule has 0 saturated heterocycles. The Morgan fingerprint density at radius 3 is 2.74 bits per heavy atom. The minimum atomic E-state index is -1.36. The molecule has 1 heterocycles. The number of benzene rings is 1. The fraction of sp³-hybridized carbons (Fsp3) is 0.308. The minimum absolute atomic E-state index is 0.174. The van der Waals surface area contributed by atoms with Crippen LogP contribution < -0.4 is 9.62 Å². The number of amides is 1. The van der Waals surface area contributed by atoms with Crippen molar-refractivity contribution in [2.75, 3.05) is 24.7 Å². The molecule has 0 radical (unpaired) electrons. The molecule has 1 N–H and O–H groups in total. The van der Waals surface area contributed by atoms with Crippen LogP contribution in [0, 0.1) is 0 Å². The Morgan fingerprint density at radius 1 is 1.37 bits per heavy atom. The fourth-order valence-electron chi connectivity index (χ4n) is 1.64. The number of fused-ring (bicyclic) bond motifs is 1. The Labute approximate surface area is 114 Å². The zero-order valence-corrected chi connectivity index (χ0v) is 11.9. The number of anilines is 1. The van der Waals surface area contributed by atoms with Gasteiger partial charge in [0.2, 0.25) is 0 Å². The van der Waals surface area contributed by atoms with Crippen molar-refractivity contribution in [3.8, 4) is 0 Å². The zero-order chi connectivity index (χ0) is 14.0. The van der Waals surface area contributed by atoms with Crippen LogP contribution in [0.1, 0.15) is 17.5 Å². The summed E-state index contributed by atoms with van der Waals surface area (Å²) in [6.45, 7) is 1.73. The molecule has 0 spiro atoms. The molecule has 0 saturated carbocycles. The van der Waals surface area contributed by atoms with Crippen LogP contribution in [0.5, 0.6) is 0 Å². The molecule has 1 aromatic heterocycles. The van der Waals surface area contributed by atoms with Gasteiger partial charge in [0, 0.05) is 37.0 Å². The van der Waals surface area contributed by atoms with Crippen molar-refractivity contribution < 1.29 is 13.4 Å². The highest BCUT2D eigenvalue weighted by molar-refractivity contribution is 7.83. The lowest BCUT2D eigenvalue weighted by atomic mass is 10.2. The molecular formula is C13H16N2O3S. The van der Waals surface area contributed by atoms with Crippen molar-refractivity contribution >= 4 is 33.5 Å². The monoisotopic (exact) mass is 280 g/mol. The summed E-state index contributed by atoms with van der Waals surface area (Å²) in [7, 11) is 2.51. The third-order valence-electron chi connectivity index (χ3n) is 2.71. The van der Waals surface area contributed by atoms with Crippen molar-refractivity contribution in [2.45, 2.75) is 6.92 Å². The third kappa shape index (κ3) is 2.96. The molecule has 2 aromatic rings. The molecule has 2 rings (SSSR count). The number of rotatable bonds is 4. The molecule has 1 unspecified atom stereocenters. The highest BCUT2D eigenvalue weighted by Gasteiger charge is 2.14. The second kappa shape index (κ2) is 5.44. The molecule has 1 aromatic carbocycles. The van der Waals surface area contributed by atoms with E-state index in [0.29, 0.717) is 11.3 Å². The molecule has 19 heavy (non-hydrogen) atoms. The molecule has 1 atom stereocenters. The number of furan rings is 1. The third-order valence-corrected chi connectivity index (χ3v) is 3.65. The van der Waals surface area contributed by atoms with E-state index in [4.69, 9.17) is 4.42 Å². The molecule has 0 aliphatic heterocycles. The average Bonchev–Trinajstić information content (AvgIpc) is 2.81. The molecule has 6 heteroatoms. The Bertz CT molecular complexity index is 634. The van der Waals surface area contributed by atoms with Gasteiger partial charge in [0.25, 0.3) is 5.91 Å². The first-order chi connectivity index (χ1) is 9.01. The van der Waals surface area contributed by atoms with Crippen molar-refractivity contribution in [3.63, 3.8) is 0 Å². The van der Waals surface area contributed by atoms with Crippen LogP contribution in [0.3, 0.4) is 0 Å². The Balaban J connectivity index is 2.31. The Kier molecular flexibility index (Phi) is 3.90. The van der Waals surface area contributed by atoms with Gasteiger partial charge in [-0.1, -0.05) is 6.92 Å². The first-order valence-corrected chi connectivity index (χ1v) is 7.23. The quantitative estimate of drug-likeness (QED) is 0.929. The van der Waals surface area contributed by atoms with Crippen LogP contribution in [0.2, 0.25) is 0 Å². The van der Waals surface area contributed by atoms with Gasteiger partial charge in [0.1, 0.15) is 16.6 Å². The lowest BCUT2D eigenvalue weighted by molar-refractivity contribution is 0.0958. The van der Waals surface area contributed by atoms with E-state index < -0.39 is 16.9 Å². The van der Waals surface area contributed by atoms with Crippen molar-refractivity contribution in [3.05, 3.63) is 30.0 Å². The largest absolute Gasteiger partial charge is 0.451 e. The van der Waals surface area contributed by atoms with E-state index in [-0.39, 0.29) is 5.76 Å². The van der Waals surface area contributed by atoms with Crippen LogP contribution in [-0.4, -0.2) is 30.0 Å². The first-order valence-electron chi connectivity index (χ1n) is 5.91. The van der Waals surface area contributed by atoms with Gasteiger partial charge in [-0.25, -0.2) is 4.21 Å². The maximum Gasteiger partial charge on any atom is 0.298 e. The number of hydrogen-bond donors (Lipinski definition) is 1. The smallest absolute Gasteiger partial charge is 0.298 e. The van der Waals surface area contributed by atoms with Gasteiger partial charge < -0.3 is 9.32 Å². The van der Waals surface area contributed by atoms with Crippen molar-refractivity contribution in [2.24, 2.45) is 0 Å². The van der Waals surface area contributed by atoms with E-state index in [1.165, 1.54) is 0 Å². The number of nitrogens with zero attached hydrogens (tertiary/aromatic N) is 1. The van der Waals surface area contributed by atoms with E-state index in [1.54, 1.807) is 13.0 Å². The summed E-state index contributed by atoms with van der Waals surface area (Å²) in [6, 6.07) is 7.35. The Hall–Kier alpha value is -1.82. The second-order valence-electron chi connectivity index (χ2n) is 4.29. The number of carbonyl (C=O) groups excluding carboxylic acids is 1. The van der Waals surface area contributed by atoms with Crippen LogP contribution in [0.25, 0.3) is 11.0 Å². The van der Waals surface area contributed by atoms with Crippen molar-refractivity contribution in [1.82, 2.24) is 4.72 Å². The van der Waals surface area contributed by atoms with Crippen LogP contribution in [-0.2, 0) is 11.0 Å².